The van der Waals surface area contributed by atoms with Crippen LogP contribution in [0.3, 0.4) is 0 Å². The Labute approximate surface area is 79.1 Å². The maximum Gasteiger partial charge on any atom is 0.0876 e. The van der Waals surface area contributed by atoms with Crippen LogP contribution in [0.4, 0.5) is 0 Å². The van der Waals surface area contributed by atoms with Gasteiger partial charge in [0.2, 0.25) is 0 Å². The SMILES string of the molecule is NC1(C2(C3=COCCC3)CC2)CC1. The third kappa shape index (κ3) is 0.983. The molecule has 0 aromatic rings. The van der Waals surface area contributed by atoms with E-state index >= 15 is 0 Å². The van der Waals surface area contributed by atoms with Crippen molar-refractivity contribution >= 4 is 0 Å². The average Bonchev–Trinajstić information content (AvgIpc) is 3.01. The Morgan fingerprint density at radius 2 is 2.00 bits per heavy atom. The summed E-state index contributed by atoms with van der Waals surface area (Å²) < 4.78 is 5.41. The van der Waals surface area contributed by atoms with E-state index < -0.39 is 0 Å². The Hall–Kier alpha value is -0.500. The molecule has 0 radical (unpaired) electrons. The Balaban J connectivity index is 1.87. The molecular weight excluding hydrogens is 162 g/mol. The van der Waals surface area contributed by atoms with Gasteiger partial charge in [-0.2, -0.15) is 0 Å². The molecule has 0 atom stereocenters. The third-order valence-corrected chi connectivity index (χ3v) is 4.04. The molecule has 2 fully saturated rings. The normalized spacial score (nSPS) is 33.2. The fourth-order valence-electron chi connectivity index (χ4n) is 2.79. The van der Waals surface area contributed by atoms with Crippen LogP contribution in [0.5, 0.6) is 0 Å². The van der Waals surface area contributed by atoms with Crippen molar-refractivity contribution in [2.75, 3.05) is 6.61 Å². The van der Waals surface area contributed by atoms with Crippen molar-refractivity contribution in [3.05, 3.63) is 11.8 Å². The summed E-state index contributed by atoms with van der Waals surface area (Å²) in [5, 5.41) is 0. The highest BCUT2D eigenvalue weighted by atomic mass is 16.5. The largest absolute Gasteiger partial charge is 0.501 e. The summed E-state index contributed by atoms with van der Waals surface area (Å²) in [4.78, 5) is 0. The minimum absolute atomic E-state index is 0.166. The number of hydrogen-bond donors (Lipinski definition) is 1. The molecule has 1 heterocycles. The van der Waals surface area contributed by atoms with Crippen molar-refractivity contribution in [2.45, 2.75) is 44.1 Å². The first kappa shape index (κ1) is 7.86. The van der Waals surface area contributed by atoms with E-state index in [0.29, 0.717) is 5.41 Å². The molecule has 13 heavy (non-hydrogen) atoms. The van der Waals surface area contributed by atoms with E-state index in [2.05, 4.69) is 0 Å². The lowest BCUT2D eigenvalue weighted by atomic mass is 9.83. The molecular formula is C11H17NO. The summed E-state index contributed by atoms with van der Waals surface area (Å²) in [5.74, 6) is 0. The van der Waals surface area contributed by atoms with Crippen molar-refractivity contribution in [3.8, 4) is 0 Å². The molecule has 0 aromatic carbocycles. The van der Waals surface area contributed by atoms with Gasteiger partial charge in [0.05, 0.1) is 12.9 Å². The summed E-state index contributed by atoms with van der Waals surface area (Å²) in [6.45, 7) is 0.900. The fourth-order valence-corrected chi connectivity index (χ4v) is 2.79. The minimum Gasteiger partial charge on any atom is -0.501 e. The molecule has 0 aromatic heterocycles. The van der Waals surface area contributed by atoms with E-state index in [1.165, 1.54) is 44.1 Å². The van der Waals surface area contributed by atoms with Gasteiger partial charge in [-0.3, -0.25) is 0 Å². The second-order valence-electron chi connectivity index (χ2n) is 4.86. The Morgan fingerprint density at radius 1 is 1.23 bits per heavy atom. The van der Waals surface area contributed by atoms with Crippen molar-refractivity contribution in [3.63, 3.8) is 0 Å². The molecule has 72 valence electrons. The van der Waals surface area contributed by atoms with Crippen LogP contribution in [-0.4, -0.2) is 12.1 Å². The zero-order valence-electron chi connectivity index (χ0n) is 8.01. The van der Waals surface area contributed by atoms with Gasteiger partial charge >= 0.3 is 0 Å². The summed E-state index contributed by atoms with van der Waals surface area (Å²) >= 11 is 0. The van der Waals surface area contributed by atoms with Crippen molar-refractivity contribution in [1.82, 2.24) is 0 Å². The second kappa shape index (κ2) is 2.30. The van der Waals surface area contributed by atoms with Gasteiger partial charge in [-0.15, -0.1) is 0 Å². The van der Waals surface area contributed by atoms with Crippen molar-refractivity contribution < 1.29 is 4.74 Å². The monoisotopic (exact) mass is 179 g/mol. The van der Waals surface area contributed by atoms with Crippen LogP contribution in [0.1, 0.15) is 38.5 Å². The van der Waals surface area contributed by atoms with Crippen LogP contribution >= 0.6 is 0 Å². The minimum atomic E-state index is 0.166. The standard InChI is InChI=1S/C11H17NO/c12-11(5-6-11)10(3-4-10)9-2-1-7-13-8-9/h8H,1-7,12H2. The van der Waals surface area contributed by atoms with E-state index in [1.54, 1.807) is 0 Å². The summed E-state index contributed by atoms with van der Waals surface area (Å²) in [6, 6.07) is 0. The van der Waals surface area contributed by atoms with E-state index in [4.69, 9.17) is 10.5 Å². The molecule has 0 saturated heterocycles. The quantitative estimate of drug-likeness (QED) is 0.703. The number of ether oxygens (including phenoxy) is 1. The van der Waals surface area contributed by atoms with Gasteiger partial charge in [-0.25, -0.2) is 0 Å². The van der Waals surface area contributed by atoms with E-state index in [0.717, 1.165) is 6.61 Å². The van der Waals surface area contributed by atoms with Gasteiger partial charge in [0.15, 0.2) is 0 Å². The molecule has 2 N–H and O–H groups in total. The molecule has 3 rings (SSSR count). The Bertz CT molecular complexity index is 261. The van der Waals surface area contributed by atoms with E-state index in [1.807, 2.05) is 6.26 Å². The lowest BCUT2D eigenvalue weighted by Crippen LogP contribution is -2.36. The molecule has 2 heteroatoms. The van der Waals surface area contributed by atoms with Crippen molar-refractivity contribution in [2.24, 2.45) is 11.1 Å². The first-order valence-corrected chi connectivity index (χ1v) is 5.37. The van der Waals surface area contributed by atoms with Crippen LogP contribution in [0.15, 0.2) is 11.8 Å². The third-order valence-electron chi connectivity index (χ3n) is 4.04. The molecule has 0 amide bonds. The van der Waals surface area contributed by atoms with Gasteiger partial charge in [0, 0.05) is 11.0 Å². The first-order valence-electron chi connectivity index (χ1n) is 5.37. The summed E-state index contributed by atoms with van der Waals surface area (Å²) in [6.07, 6.45) is 9.47. The van der Waals surface area contributed by atoms with Gasteiger partial charge in [0.25, 0.3) is 0 Å². The molecule has 0 unspecified atom stereocenters. The zero-order chi connectivity index (χ0) is 8.94. The van der Waals surface area contributed by atoms with Crippen LogP contribution in [0, 0.1) is 5.41 Å². The van der Waals surface area contributed by atoms with Gasteiger partial charge < -0.3 is 10.5 Å². The van der Waals surface area contributed by atoms with Crippen LogP contribution in [-0.2, 0) is 4.74 Å². The topological polar surface area (TPSA) is 35.2 Å². The summed E-state index contributed by atoms with van der Waals surface area (Å²) in [7, 11) is 0. The maximum absolute atomic E-state index is 6.32. The molecule has 2 aliphatic carbocycles. The smallest absolute Gasteiger partial charge is 0.0876 e. The van der Waals surface area contributed by atoms with E-state index in [-0.39, 0.29) is 5.54 Å². The molecule has 3 aliphatic rings. The highest BCUT2D eigenvalue weighted by Crippen LogP contribution is 2.67. The van der Waals surface area contributed by atoms with Crippen molar-refractivity contribution in [1.29, 1.82) is 0 Å². The lowest BCUT2D eigenvalue weighted by molar-refractivity contribution is 0.211. The second-order valence-corrected chi connectivity index (χ2v) is 4.86. The molecule has 0 spiro atoms. The molecule has 1 aliphatic heterocycles. The van der Waals surface area contributed by atoms with Gasteiger partial charge in [0.1, 0.15) is 0 Å². The predicted molar refractivity (Wildman–Crippen MR) is 51.1 cm³/mol. The molecule has 2 nitrogen and oxygen atoms in total. The first-order chi connectivity index (χ1) is 6.27. The Morgan fingerprint density at radius 3 is 2.46 bits per heavy atom. The Kier molecular flexibility index (Phi) is 1.39. The van der Waals surface area contributed by atoms with Crippen LogP contribution in [0.2, 0.25) is 0 Å². The number of hydrogen-bond acceptors (Lipinski definition) is 2. The lowest BCUT2D eigenvalue weighted by Gasteiger charge is -2.28. The maximum atomic E-state index is 6.32. The highest BCUT2D eigenvalue weighted by molar-refractivity contribution is 5.33. The number of rotatable bonds is 2. The predicted octanol–water partition coefficient (Wildman–Crippen LogP) is 1.95. The van der Waals surface area contributed by atoms with Gasteiger partial charge in [-0.05, 0) is 44.1 Å². The molecule has 0 bridgehead atoms. The fraction of sp³-hybridized carbons (Fsp3) is 0.818. The van der Waals surface area contributed by atoms with E-state index in [9.17, 15) is 0 Å². The van der Waals surface area contributed by atoms with Crippen LogP contribution < -0.4 is 5.73 Å². The van der Waals surface area contributed by atoms with Crippen LogP contribution in [0.25, 0.3) is 0 Å². The molecule has 2 saturated carbocycles. The zero-order valence-corrected chi connectivity index (χ0v) is 8.01. The summed E-state index contributed by atoms with van der Waals surface area (Å²) in [5.41, 5.74) is 8.38. The van der Waals surface area contributed by atoms with Gasteiger partial charge in [-0.1, -0.05) is 0 Å². The average molecular weight is 179 g/mol. The highest BCUT2D eigenvalue weighted by Gasteiger charge is 2.64. The number of nitrogens with two attached hydrogens (primary N) is 1.